The topological polar surface area (TPSA) is 51.2 Å². The van der Waals surface area contributed by atoms with Gasteiger partial charge in [0.2, 0.25) is 0 Å². The zero-order chi connectivity index (χ0) is 13.0. The summed E-state index contributed by atoms with van der Waals surface area (Å²) in [6, 6.07) is 0. The number of carbonyl (C=O) groups excluding carboxylic acids is 1. The molecular formula is C12H17ClN2O2. The van der Waals surface area contributed by atoms with E-state index in [2.05, 4.69) is 10.3 Å². The Morgan fingerprint density at radius 2 is 1.88 bits per heavy atom. The van der Waals surface area contributed by atoms with Crippen LogP contribution in [0.2, 0.25) is 0 Å². The summed E-state index contributed by atoms with van der Waals surface area (Å²) in [7, 11) is 0. The van der Waals surface area contributed by atoms with Crippen molar-refractivity contribution in [3.05, 3.63) is 22.4 Å². The Labute approximate surface area is 106 Å². The van der Waals surface area contributed by atoms with Crippen LogP contribution < -0.4 is 5.32 Å². The molecule has 0 unspecified atom stereocenters. The Morgan fingerprint density at radius 3 is 2.47 bits per heavy atom. The summed E-state index contributed by atoms with van der Waals surface area (Å²) < 4.78 is 4.84. The first-order chi connectivity index (χ1) is 7.97. The lowest BCUT2D eigenvalue weighted by atomic mass is 10.0. The number of anilines is 1. The molecular weight excluding hydrogens is 240 g/mol. The van der Waals surface area contributed by atoms with Gasteiger partial charge in [-0.25, -0.2) is 9.78 Å². The van der Waals surface area contributed by atoms with E-state index in [0.717, 1.165) is 22.4 Å². The molecule has 0 aliphatic rings. The Hall–Kier alpha value is -1.29. The van der Waals surface area contributed by atoms with Crippen LogP contribution in [0.3, 0.4) is 0 Å². The standard InChI is InChI=1S/C12H17ClN2O2/c1-7-8(2)10(4)14-11(9(7)3)15-12(16)17-6-5-13/h5-6H2,1-4H3,(H,14,15,16). The number of pyridine rings is 1. The fraction of sp³-hybridized carbons (Fsp3) is 0.500. The van der Waals surface area contributed by atoms with Gasteiger partial charge >= 0.3 is 6.09 Å². The van der Waals surface area contributed by atoms with Gasteiger partial charge in [0.25, 0.3) is 0 Å². The van der Waals surface area contributed by atoms with E-state index in [4.69, 9.17) is 16.3 Å². The van der Waals surface area contributed by atoms with Crippen molar-refractivity contribution in [1.82, 2.24) is 4.98 Å². The number of nitrogens with one attached hydrogen (secondary N) is 1. The highest BCUT2D eigenvalue weighted by Gasteiger charge is 2.11. The molecule has 0 atom stereocenters. The second-order valence-corrected chi connectivity index (χ2v) is 4.25. The Balaban J connectivity index is 2.89. The fourth-order valence-electron chi connectivity index (χ4n) is 1.45. The monoisotopic (exact) mass is 256 g/mol. The second-order valence-electron chi connectivity index (χ2n) is 3.87. The summed E-state index contributed by atoms with van der Waals surface area (Å²) in [5.74, 6) is 0.830. The average Bonchev–Trinajstić information content (AvgIpc) is 2.30. The minimum absolute atomic E-state index is 0.191. The van der Waals surface area contributed by atoms with Gasteiger partial charge in [0.15, 0.2) is 0 Å². The first kappa shape index (κ1) is 13.8. The number of nitrogens with zero attached hydrogens (tertiary/aromatic N) is 1. The number of aryl methyl sites for hydroxylation is 1. The third-order valence-corrected chi connectivity index (χ3v) is 2.99. The van der Waals surface area contributed by atoms with E-state index in [9.17, 15) is 4.79 Å². The van der Waals surface area contributed by atoms with Crippen LogP contribution in [0.25, 0.3) is 0 Å². The lowest BCUT2D eigenvalue weighted by molar-refractivity contribution is 0.168. The molecule has 94 valence electrons. The van der Waals surface area contributed by atoms with Crippen molar-refractivity contribution in [3.8, 4) is 0 Å². The lowest BCUT2D eigenvalue weighted by Crippen LogP contribution is -2.17. The second kappa shape index (κ2) is 5.87. The van der Waals surface area contributed by atoms with Gasteiger partial charge in [0, 0.05) is 5.69 Å². The maximum Gasteiger partial charge on any atom is 0.412 e. The van der Waals surface area contributed by atoms with Crippen LogP contribution in [0, 0.1) is 27.7 Å². The largest absolute Gasteiger partial charge is 0.448 e. The molecule has 0 aliphatic heterocycles. The van der Waals surface area contributed by atoms with E-state index in [-0.39, 0.29) is 12.5 Å². The number of hydrogen-bond donors (Lipinski definition) is 1. The molecule has 0 fully saturated rings. The number of ether oxygens (including phenoxy) is 1. The maximum atomic E-state index is 11.4. The summed E-state index contributed by atoms with van der Waals surface area (Å²) in [5, 5.41) is 2.62. The molecule has 1 amide bonds. The molecule has 0 spiro atoms. The van der Waals surface area contributed by atoms with Crippen LogP contribution in [0.15, 0.2) is 0 Å². The van der Waals surface area contributed by atoms with Crippen molar-refractivity contribution in [2.45, 2.75) is 27.7 Å². The quantitative estimate of drug-likeness (QED) is 0.846. The van der Waals surface area contributed by atoms with Gasteiger partial charge in [-0.15, -0.1) is 11.6 Å². The molecule has 0 bridgehead atoms. The maximum absolute atomic E-state index is 11.4. The van der Waals surface area contributed by atoms with Gasteiger partial charge in [-0.1, -0.05) is 0 Å². The summed E-state index contributed by atoms with van der Waals surface area (Å²) in [4.78, 5) is 15.7. The third kappa shape index (κ3) is 3.33. The first-order valence-electron chi connectivity index (χ1n) is 5.41. The van der Waals surface area contributed by atoms with E-state index in [1.165, 1.54) is 0 Å². The highest BCUT2D eigenvalue weighted by atomic mass is 35.5. The molecule has 1 aromatic rings. The number of halogens is 1. The molecule has 17 heavy (non-hydrogen) atoms. The van der Waals surface area contributed by atoms with E-state index >= 15 is 0 Å². The number of rotatable bonds is 3. The molecule has 0 radical (unpaired) electrons. The zero-order valence-corrected chi connectivity index (χ0v) is 11.3. The Bertz CT molecular complexity index is 433. The van der Waals surface area contributed by atoms with Crippen LogP contribution in [0.1, 0.15) is 22.4 Å². The van der Waals surface area contributed by atoms with Crippen molar-refractivity contribution in [1.29, 1.82) is 0 Å². The van der Waals surface area contributed by atoms with Crippen LogP contribution >= 0.6 is 11.6 Å². The predicted octanol–water partition coefficient (Wildman–Crippen LogP) is 3.10. The first-order valence-corrected chi connectivity index (χ1v) is 5.95. The number of amides is 1. The van der Waals surface area contributed by atoms with Gasteiger partial charge in [-0.3, -0.25) is 5.32 Å². The predicted molar refractivity (Wildman–Crippen MR) is 68.9 cm³/mol. The minimum atomic E-state index is -0.524. The van der Waals surface area contributed by atoms with Crippen LogP contribution in [-0.2, 0) is 4.74 Å². The molecule has 1 N–H and O–H groups in total. The highest BCUT2D eigenvalue weighted by Crippen LogP contribution is 2.21. The molecule has 5 heteroatoms. The molecule has 0 aromatic carbocycles. The molecule has 1 aromatic heterocycles. The fourth-order valence-corrected chi connectivity index (χ4v) is 1.53. The minimum Gasteiger partial charge on any atom is -0.448 e. The zero-order valence-electron chi connectivity index (χ0n) is 10.6. The van der Waals surface area contributed by atoms with Crippen molar-refractivity contribution >= 4 is 23.5 Å². The van der Waals surface area contributed by atoms with E-state index in [1.807, 2.05) is 27.7 Å². The molecule has 0 saturated carbocycles. The average molecular weight is 257 g/mol. The summed E-state index contributed by atoms with van der Waals surface area (Å²) in [6.07, 6.45) is -0.524. The van der Waals surface area contributed by atoms with Gasteiger partial charge < -0.3 is 4.74 Å². The normalized spacial score (nSPS) is 10.2. The Morgan fingerprint density at radius 1 is 1.24 bits per heavy atom. The molecule has 4 nitrogen and oxygen atoms in total. The van der Waals surface area contributed by atoms with Gasteiger partial charge in [-0.2, -0.15) is 0 Å². The summed E-state index contributed by atoms with van der Waals surface area (Å²) in [6.45, 7) is 8.05. The molecule has 0 aliphatic carbocycles. The van der Waals surface area contributed by atoms with Gasteiger partial charge in [0.1, 0.15) is 12.4 Å². The summed E-state index contributed by atoms with van der Waals surface area (Å²) >= 11 is 5.43. The van der Waals surface area contributed by atoms with Gasteiger partial charge in [0.05, 0.1) is 5.88 Å². The van der Waals surface area contributed by atoms with Crippen LogP contribution in [0.5, 0.6) is 0 Å². The smallest absolute Gasteiger partial charge is 0.412 e. The van der Waals surface area contributed by atoms with Crippen molar-refractivity contribution in [3.63, 3.8) is 0 Å². The summed E-state index contributed by atoms with van der Waals surface area (Å²) in [5.41, 5.74) is 4.13. The Kier molecular flexibility index (Phi) is 4.75. The highest BCUT2D eigenvalue weighted by molar-refractivity contribution is 6.18. The number of carbonyl (C=O) groups is 1. The number of aromatic nitrogens is 1. The SMILES string of the molecule is Cc1nc(NC(=O)OCCCl)c(C)c(C)c1C. The van der Waals surface area contributed by atoms with E-state index in [1.54, 1.807) is 0 Å². The molecule has 1 rings (SSSR count). The van der Waals surface area contributed by atoms with Gasteiger partial charge in [-0.05, 0) is 44.4 Å². The lowest BCUT2D eigenvalue weighted by Gasteiger charge is -2.13. The van der Waals surface area contributed by atoms with Crippen LogP contribution in [0.4, 0.5) is 10.6 Å². The van der Waals surface area contributed by atoms with E-state index < -0.39 is 6.09 Å². The number of alkyl halides is 1. The van der Waals surface area contributed by atoms with Crippen LogP contribution in [-0.4, -0.2) is 23.6 Å². The number of hydrogen-bond acceptors (Lipinski definition) is 3. The van der Waals surface area contributed by atoms with Crippen molar-refractivity contribution < 1.29 is 9.53 Å². The van der Waals surface area contributed by atoms with Crippen molar-refractivity contribution in [2.75, 3.05) is 17.8 Å². The van der Waals surface area contributed by atoms with Crippen molar-refractivity contribution in [2.24, 2.45) is 0 Å². The molecule has 0 saturated heterocycles. The third-order valence-electron chi connectivity index (χ3n) is 2.83. The molecule has 1 heterocycles. The van der Waals surface area contributed by atoms with E-state index in [0.29, 0.717) is 5.82 Å².